The Labute approximate surface area is 112 Å². The largest absolute Gasteiger partial charge is 0.418 e. The highest BCUT2D eigenvalue weighted by Crippen LogP contribution is 2.38. The number of halogens is 4. The van der Waals surface area contributed by atoms with E-state index in [0.29, 0.717) is 4.47 Å². The van der Waals surface area contributed by atoms with Crippen molar-refractivity contribution in [2.24, 2.45) is 0 Å². The molecule has 18 heavy (non-hydrogen) atoms. The zero-order chi connectivity index (χ0) is 13.9. The molecule has 0 aliphatic carbocycles. The van der Waals surface area contributed by atoms with E-state index in [2.05, 4.69) is 15.9 Å². The minimum absolute atomic E-state index is 0.0691. The molecule has 98 valence electrons. The van der Waals surface area contributed by atoms with Gasteiger partial charge in [0, 0.05) is 17.6 Å². The Kier molecular flexibility index (Phi) is 4.63. The maximum absolute atomic E-state index is 12.9. The van der Waals surface area contributed by atoms with E-state index in [-0.39, 0.29) is 18.2 Å². The summed E-state index contributed by atoms with van der Waals surface area (Å²) in [5.74, 6) is 0. The van der Waals surface area contributed by atoms with Gasteiger partial charge in [-0.3, -0.25) is 0 Å². The molecular formula is C12H12BrF3N2. The predicted octanol–water partition coefficient (Wildman–Crippen LogP) is 4.21. The Morgan fingerprint density at radius 3 is 2.56 bits per heavy atom. The Morgan fingerprint density at radius 1 is 1.44 bits per heavy atom. The topological polar surface area (TPSA) is 27.0 Å². The summed E-state index contributed by atoms with van der Waals surface area (Å²) in [7, 11) is 1.55. The van der Waals surface area contributed by atoms with Crippen LogP contribution in [0.2, 0.25) is 0 Å². The average Bonchev–Trinajstić information content (AvgIpc) is 2.26. The SMILES string of the molecule is CC(CC#N)N(C)c1cc(Br)ccc1C(F)(F)F. The van der Waals surface area contributed by atoms with Gasteiger partial charge < -0.3 is 4.90 Å². The fourth-order valence-corrected chi connectivity index (χ4v) is 1.89. The van der Waals surface area contributed by atoms with Gasteiger partial charge in [-0.25, -0.2) is 0 Å². The molecule has 1 aromatic carbocycles. The second-order valence-corrected chi connectivity index (χ2v) is 4.90. The second-order valence-electron chi connectivity index (χ2n) is 3.98. The Morgan fingerprint density at radius 2 is 2.06 bits per heavy atom. The van der Waals surface area contributed by atoms with E-state index < -0.39 is 11.7 Å². The third-order valence-electron chi connectivity index (χ3n) is 2.69. The molecule has 0 bridgehead atoms. The van der Waals surface area contributed by atoms with E-state index >= 15 is 0 Å². The second kappa shape index (κ2) is 5.61. The van der Waals surface area contributed by atoms with Crippen LogP contribution in [0.25, 0.3) is 0 Å². The van der Waals surface area contributed by atoms with Gasteiger partial charge in [0.2, 0.25) is 0 Å². The highest BCUT2D eigenvalue weighted by Gasteiger charge is 2.35. The summed E-state index contributed by atoms with van der Waals surface area (Å²) in [6.07, 6.45) is -4.24. The molecule has 0 fully saturated rings. The Bertz CT molecular complexity index is 465. The zero-order valence-corrected chi connectivity index (χ0v) is 11.5. The standard InChI is InChI=1S/C12H12BrF3N2/c1-8(5-6-17)18(2)11-7-9(13)3-4-10(11)12(14,15)16/h3-4,7-8H,5H2,1-2H3. The fraction of sp³-hybridized carbons (Fsp3) is 0.417. The minimum Gasteiger partial charge on any atom is -0.370 e. The molecule has 0 saturated heterocycles. The number of rotatable bonds is 3. The smallest absolute Gasteiger partial charge is 0.370 e. The van der Waals surface area contributed by atoms with Crippen molar-refractivity contribution in [2.75, 3.05) is 11.9 Å². The van der Waals surface area contributed by atoms with E-state index in [4.69, 9.17) is 5.26 Å². The molecule has 6 heteroatoms. The van der Waals surface area contributed by atoms with E-state index in [1.807, 2.05) is 6.07 Å². The van der Waals surface area contributed by atoms with Gasteiger partial charge in [-0.2, -0.15) is 18.4 Å². The van der Waals surface area contributed by atoms with Gasteiger partial charge in [0.05, 0.1) is 23.7 Å². The van der Waals surface area contributed by atoms with Gasteiger partial charge in [-0.15, -0.1) is 0 Å². The fourth-order valence-electron chi connectivity index (χ4n) is 1.54. The maximum Gasteiger partial charge on any atom is 0.418 e. The molecule has 0 N–H and O–H groups in total. The van der Waals surface area contributed by atoms with Gasteiger partial charge >= 0.3 is 6.18 Å². The van der Waals surface area contributed by atoms with Crippen molar-refractivity contribution in [1.82, 2.24) is 0 Å². The van der Waals surface area contributed by atoms with Crippen LogP contribution in [0, 0.1) is 11.3 Å². The van der Waals surface area contributed by atoms with Crippen molar-refractivity contribution < 1.29 is 13.2 Å². The van der Waals surface area contributed by atoms with Crippen LogP contribution in [0.4, 0.5) is 18.9 Å². The highest BCUT2D eigenvalue weighted by molar-refractivity contribution is 9.10. The first-order valence-corrected chi connectivity index (χ1v) is 6.03. The van der Waals surface area contributed by atoms with Crippen molar-refractivity contribution in [3.63, 3.8) is 0 Å². The summed E-state index contributed by atoms with van der Waals surface area (Å²) in [6, 6.07) is 5.48. The third kappa shape index (κ3) is 3.39. The quantitative estimate of drug-likeness (QED) is 0.834. The molecule has 0 amide bonds. The molecule has 0 spiro atoms. The van der Waals surface area contributed by atoms with Crippen LogP contribution in [-0.4, -0.2) is 13.1 Å². The monoisotopic (exact) mass is 320 g/mol. The molecule has 0 aliphatic heterocycles. The third-order valence-corrected chi connectivity index (χ3v) is 3.19. The maximum atomic E-state index is 12.9. The molecule has 0 heterocycles. The summed E-state index contributed by atoms with van der Waals surface area (Å²) in [4.78, 5) is 1.47. The zero-order valence-electron chi connectivity index (χ0n) is 9.92. The Balaban J connectivity index is 3.22. The van der Waals surface area contributed by atoms with E-state index in [0.717, 1.165) is 6.07 Å². The van der Waals surface area contributed by atoms with Crippen molar-refractivity contribution in [3.05, 3.63) is 28.2 Å². The molecule has 0 saturated carbocycles. The Hall–Kier alpha value is -1.22. The number of benzene rings is 1. The van der Waals surface area contributed by atoms with Crippen molar-refractivity contribution in [3.8, 4) is 6.07 Å². The van der Waals surface area contributed by atoms with Gasteiger partial charge in [0.1, 0.15) is 0 Å². The first-order chi connectivity index (χ1) is 8.27. The average molecular weight is 321 g/mol. The lowest BCUT2D eigenvalue weighted by atomic mass is 10.1. The van der Waals surface area contributed by atoms with E-state index in [9.17, 15) is 13.2 Å². The molecule has 0 aromatic heterocycles. The molecule has 2 nitrogen and oxygen atoms in total. The van der Waals surface area contributed by atoms with E-state index in [1.54, 1.807) is 14.0 Å². The lowest BCUT2D eigenvalue weighted by Gasteiger charge is -2.28. The highest BCUT2D eigenvalue weighted by atomic mass is 79.9. The van der Waals surface area contributed by atoms with Crippen LogP contribution in [0.5, 0.6) is 0 Å². The van der Waals surface area contributed by atoms with Gasteiger partial charge in [-0.05, 0) is 25.1 Å². The summed E-state index contributed by atoms with van der Waals surface area (Å²) in [5.41, 5.74) is -0.627. The summed E-state index contributed by atoms with van der Waals surface area (Å²) in [6.45, 7) is 1.71. The lowest BCUT2D eigenvalue weighted by Crippen LogP contribution is -2.30. The van der Waals surface area contributed by atoms with Crippen LogP contribution in [0.3, 0.4) is 0 Å². The van der Waals surface area contributed by atoms with Gasteiger partial charge in [0.15, 0.2) is 0 Å². The normalized spacial score (nSPS) is 12.9. The van der Waals surface area contributed by atoms with Gasteiger partial charge in [-0.1, -0.05) is 15.9 Å². The molecule has 1 atom stereocenters. The van der Waals surface area contributed by atoms with Crippen molar-refractivity contribution in [2.45, 2.75) is 25.6 Å². The molecule has 0 radical (unpaired) electrons. The summed E-state index contributed by atoms with van der Waals surface area (Å²) in [5, 5.41) is 8.61. The number of hydrogen-bond donors (Lipinski definition) is 0. The number of anilines is 1. The van der Waals surface area contributed by atoms with Crippen LogP contribution < -0.4 is 4.90 Å². The first-order valence-electron chi connectivity index (χ1n) is 5.24. The van der Waals surface area contributed by atoms with Crippen LogP contribution in [0.15, 0.2) is 22.7 Å². The van der Waals surface area contributed by atoms with Crippen LogP contribution in [0.1, 0.15) is 18.9 Å². The van der Waals surface area contributed by atoms with Gasteiger partial charge in [0.25, 0.3) is 0 Å². The first kappa shape index (κ1) is 14.8. The van der Waals surface area contributed by atoms with Crippen molar-refractivity contribution >= 4 is 21.6 Å². The molecule has 1 rings (SSSR count). The minimum atomic E-state index is -4.41. The summed E-state index contributed by atoms with van der Waals surface area (Å²) >= 11 is 3.16. The van der Waals surface area contributed by atoms with E-state index in [1.165, 1.54) is 17.0 Å². The van der Waals surface area contributed by atoms with Crippen LogP contribution >= 0.6 is 15.9 Å². The van der Waals surface area contributed by atoms with Crippen molar-refractivity contribution in [1.29, 1.82) is 5.26 Å². The molecule has 1 aromatic rings. The number of hydrogen-bond acceptors (Lipinski definition) is 2. The number of nitriles is 1. The molecule has 0 aliphatic rings. The van der Waals surface area contributed by atoms with Crippen LogP contribution in [-0.2, 0) is 6.18 Å². The lowest BCUT2D eigenvalue weighted by molar-refractivity contribution is -0.137. The molecular weight excluding hydrogens is 309 g/mol. The number of alkyl halides is 3. The molecule has 1 unspecified atom stereocenters. The number of nitrogens with zero attached hydrogens (tertiary/aromatic N) is 2. The summed E-state index contributed by atoms with van der Waals surface area (Å²) < 4.78 is 39.2. The predicted molar refractivity (Wildman–Crippen MR) is 67.2 cm³/mol.